The monoisotopic (exact) mass is 192 g/mol. The molecule has 0 bridgehead atoms. The first-order chi connectivity index (χ1) is 6.86. The van der Waals surface area contributed by atoms with Crippen LogP contribution in [0.1, 0.15) is 51.0 Å². The molecule has 0 saturated heterocycles. The van der Waals surface area contributed by atoms with Gasteiger partial charge in [-0.15, -0.1) is 0 Å². The molecule has 0 aliphatic rings. The van der Waals surface area contributed by atoms with Crippen LogP contribution >= 0.6 is 0 Å². The summed E-state index contributed by atoms with van der Waals surface area (Å²) in [6.45, 7) is 4.40. The number of unbranched alkanes of at least 4 members (excludes halogenated alkanes) is 2. The molecule has 0 N–H and O–H groups in total. The van der Waals surface area contributed by atoms with Crippen LogP contribution in [0.5, 0.6) is 0 Å². The summed E-state index contributed by atoms with van der Waals surface area (Å²) in [5.41, 5.74) is 1.20. The summed E-state index contributed by atoms with van der Waals surface area (Å²) >= 11 is 0. The second-order valence-electron chi connectivity index (χ2n) is 3.67. The smallest absolute Gasteiger partial charge is 0.128 e. The highest BCUT2D eigenvalue weighted by Gasteiger charge is 1.98. The predicted octanol–water partition coefficient (Wildman–Crippen LogP) is 3.16. The van der Waals surface area contributed by atoms with Gasteiger partial charge in [-0.1, -0.05) is 26.7 Å². The van der Waals surface area contributed by atoms with Crippen molar-refractivity contribution >= 4 is 0 Å². The Morgan fingerprint density at radius 1 is 1.07 bits per heavy atom. The standard InChI is InChI=1S/C12H20N2/c1-3-5-7-11-9-10-13-12(14-11)8-6-4-2/h9-10H,3-8H2,1-2H3. The van der Waals surface area contributed by atoms with E-state index in [4.69, 9.17) is 0 Å². The Morgan fingerprint density at radius 3 is 2.50 bits per heavy atom. The van der Waals surface area contributed by atoms with Gasteiger partial charge in [-0.05, 0) is 25.3 Å². The fourth-order valence-corrected chi connectivity index (χ4v) is 1.39. The molecule has 0 atom stereocenters. The van der Waals surface area contributed by atoms with Crippen molar-refractivity contribution in [2.24, 2.45) is 0 Å². The Balaban J connectivity index is 2.50. The Labute approximate surface area is 86.8 Å². The summed E-state index contributed by atoms with van der Waals surface area (Å²) in [7, 11) is 0. The summed E-state index contributed by atoms with van der Waals surface area (Å²) in [5, 5.41) is 0. The summed E-state index contributed by atoms with van der Waals surface area (Å²) in [6.07, 6.45) is 8.87. The third-order valence-electron chi connectivity index (χ3n) is 2.30. The number of nitrogens with zero attached hydrogens (tertiary/aromatic N) is 2. The molecule has 0 aliphatic carbocycles. The normalized spacial score (nSPS) is 10.4. The highest BCUT2D eigenvalue weighted by Crippen LogP contribution is 2.04. The third-order valence-corrected chi connectivity index (χ3v) is 2.30. The Bertz CT molecular complexity index is 235. The molecule has 0 unspecified atom stereocenters. The molecule has 0 aliphatic heterocycles. The van der Waals surface area contributed by atoms with Crippen LogP contribution < -0.4 is 0 Å². The average Bonchev–Trinajstić information content (AvgIpc) is 2.24. The molecule has 0 amide bonds. The first kappa shape index (κ1) is 11.2. The van der Waals surface area contributed by atoms with E-state index in [2.05, 4.69) is 23.8 Å². The van der Waals surface area contributed by atoms with Crippen LogP contribution in [0, 0.1) is 0 Å². The summed E-state index contributed by atoms with van der Waals surface area (Å²) < 4.78 is 0. The van der Waals surface area contributed by atoms with Crippen LogP contribution in [0.4, 0.5) is 0 Å². The zero-order valence-electron chi connectivity index (χ0n) is 9.29. The second kappa shape index (κ2) is 6.52. The van der Waals surface area contributed by atoms with Gasteiger partial charge in [0.2, 0.25) is 0 Å². The van der Waals surface area contributed by atoms with Crippen molar-refractivity contribution in [2.45, 2.75) is 52.4 Å². The first-order valence-electron chi connectivity index (χ1n) is 5.67. The van der Waals surface area contributed by atoms with Gasteiger partial charge < -0.3 is 0 Å². The maximum Gasteiger partial charge on any atom is 0.128 e. The summed E-state index contributed by atoms with van der Waals surface area (Å²) in [6, 6.07) is 2.03. The highest BCUT2D eigenvalue weighted by molar-refractivity contribution is 5.02. The fourth-order valence-electron chi connectivity index (χ4n) is 1.39. The molecule has 1 aromatic heterocycles. The lowest BCUT2D eigenvalue weighted by Crippen LogP contribution is -1.98. The van der Waals surface area contributed by atoms with E-state index in [1.165, 1.54) is 31.4 Å². The van der Waals surface area contributed by atoms with Gasteiger partial charge in [-0.2, -0.15) is 0 Å². The molecule has 2 heteroatoms. The lowest BCUT2D eigenvalue weighted by atomic mass is 10.2. The van der Waals surface area contributed by atoms with E-state index in [9.17, 15) is 0 Å². The van der Waals surface area contributed by atoms with Crippen LogP contribution in [0.3, 0.4) is 0 Å². The number of hydrogen-bond acceptors (Lipinski definition) is 2. The van der Waals surface area contributed by atoms with E-state index < -0.39 is 0 Å². The SMILES string of the molecule is CCCCc1ccnc(CCCC)n1. The second-order valence-corrected chi connectivity index (χ2v) is 3.67. The average molecular weight is 192 g/mol. The lowest BCUT2D eigenvalue weighted by Gasteiger charge is -2.02. The van der Waals surface area contributed by atoms with Gasteiger partial charge in [-0.25, -0.2) is 9.97 Å². The van der Waals surface area contributed by atoms with Crippen LogP contribution in [-0.4, -0.2) is 9.97 Å². The van der Waals surface area contributed by atoms with Gasteiger partial charge in [-0.3, -0.25) is 0 Å². The third kappa shape index (κ3) is 3.86. The van der Waals surface area contributed by atoms with Crippen molar-refractivity contribution in [3.8, 4) is 0 Å². The van der Waals surface area contributed by atoms with Gasteiger partial charge in [0.15, 0.2) is 0 Å². The number of hydrogen-bond donors (Lipinski definition) is 0. The van der Waals surface area contributed by atoms with E-state index in [0.29, 0.717) is 0 Å². The van der Waals surface area contributed by atoms with Crippen LogP contribution in [0.15, 0.2) is 12.3 Å². The van der Waals surface area contributed by atoms with E-state index >= 15 is 0 Å². The molecule has 0 spiro atoms. The molecule has 1 heterocycles. The molecule has 0 radical (unpaired) electrons. The van der Waals surface area contributed by atoms with Crippen molar-refractivity contribution in [1.29, 1.82) is 0 Å². The van der Waals surface area contributed by atoms with Crippen molar-refractivity contribution in [3.05, 3.63) is 23.8 Å². The molecule has 1 aromatic rings. The van der Waals surface area contributed by atoms with E-state index in [1.807, 2.05) is 12.3 Å². The highest BCUT2D eigenvalue weighted by atomic mass is 14.9. The quantitative estimate of drug-likeness (QED) is 0.692. The van der Waals surface area contributed by atoms with E-state index in [0.717, 1.165) is 18.7 Å². The topological polar surface area (TPSA) is 25.8 Å². The Kier molecular flexibility index (Phi) is 5.20. The fraction of sp³-hybridized carbons (Fsp3) is 0.667. The predicted molar refractivity (Wildman–Crippen MR) is 59.3 cm³/mol. The zero-order valence-corrected chi connectivity index (χ0v) is 9.29. The maximum absolute atomic E-state index is 4.54. The van der Waals surface area contributed by atoms with E-state index in [1.54, 1.807) is 0 Å². The number of rotatable bonds is 6. The lowest BCUT2D eigenvalue weighted by molar-refractivity contribution is 0.724. The van der Waals surface area contributed by atoms with Crippen molar-refractivity contribution in [2.75, 3.05) is 0 Å². The van der Waals surface area contributed by atoms with Crippen molar-refractivity contribution in [3.63, 3.8) is 0 Å². The minimum Gasteiger partial charge on any atom is -0.241 e. The molecule has 78 valence electrons. The van der Waals surface area contributed by atoms with Crippen LogP contribution in [0.25, 0.3) is 0 Å². The van der Waals surface area contributed by atoms with Crippen LogP contribution in [-0.2, 0) is 12.8 Å². The van der Waals surface area contributed by atoms with E-state index in [-0.39, 0.29) is 0 Å². The van der Waals surface area contributed by atoms with Crippen LogP contribution in [0.2, 0.25) is 0 Å². The number of aromatic nitrogens is 2. The molecule has 0 saturated carbocycles. The van der Waals surface area contributed by atoms with Gasteiger partial charge in [0.25, 0.3) is 0 Å². The maximum atomic E-state index is 4.54. The summed E-state index contributed by atoms with van der Waals surface area (Å²) in [4.78, 5) is 8.81. The molecule has 0 fully saturated rings. The Hall–Kier alpha value is -0.920. The van der Waals surface area contributed by atoms with Gasteiger partial charge >= 0.3 is 0 Å². The number of aryl methyl sites for hydroxylation is 2. The molecule has 14 heavy (non-hydrogen) atoms. The van der Waals surface area contributed by atoms with Gasteiger partial charge in [0.05, 0.1) is 0 Å². The van der Waals surface area contributed by atoms with Gasteiger partial charge in [0.1, 0.15) is 5.82 Å². The molecular formula is C12H20N2. The first-order valence-corrected chi connectivity index (χ1v) is 5.67. The minimum atomic E-state index is 1.01. The van der Waals surface area contributed by atoms with Crippen molar-refractivity contribution < 1.29 is 0 Å². The minimum absolute atomic E-state index is 1.01. The summed E-state index contributed by atoms with van der Waals surface area (Å²) in [5.74, 6) is 1.01. The zero-order chi connectivity index (χ0) is 10.2. The molecular weight excluding hydrogens is 172 g/mol. The molecule has 1 rings (SSSR count). The van der Waals surface area contributed by atoms with Crippen molar-refractivity contribution in [1.82, 2.24) is 9.97 Å². The largest absolute Gasteiger partial charge is 0.241 e. The molecule has 2 nitrogen and oxygen atoms in total. The Morgan fingerprint density at radius 2 is 1.79 bits per heavy atom. The molecule has 0 aromatic carbocycles. The van der Waals surface area contributed by atoms with Gasteiger partial charge in [0, 0.05) is 18.3 Å².